The Morgan fingerprint density at radius 3 is 2.66 bits per heavy atom. The number of carbonyl (C=O) groups excluding carboxylic acids is 1. The molecule has 1 amide bonds. The highest BCUT2D eigenvalue weighted by molar-refractivity contribution is 7.09. The predicted molar refractivity (Wildman–Crippen MR) is 119 cm³/mol. The van der Waals surface area contributed by atoms with Crippen LogP contribution in [0.25, 0.3) is 11.1 Å². The van der Waals surface area contributed by atoms with Crippen LogP contribution in [-0.2, 0) is 16.1 Å². The third kappa shape index (κ3) is 5.54. The Kier molecular flexibility index (Phi) is 6.72. The number of nitrogens with one attached hydrogen (secondary N) is 1. The minimum atomic E-state index is 0.00272. The number of hydrogen-bond acceptors (Lipinski definition) is 4. The van der Waals surface area contributed by atoms with E-state index in [0.717, 1.165) is 49.4 Å². The van der Waals surface area contributed by atoms with Gasteiger partial charge in [-0.3, -0.25) is 9.69 Å². The molecular weight excluding hydrogens is 380 g/mol. The van der Waals surface area contributed by atoms with E-state index < -0.39 is 0 Å². The molecule has 4 nitrogen and oxygen atoms in total. The first-order chi connectivity index (χ1) is 14.3. The fourth-order valence-electron chi connectivity index (χ4n) is 3.74. The maximum absolute atomic E-state index is 12.9. The standard InChI is InChI=1S/C24H26N2O2S/c27-24(25-23-13-5-4-12-22(23)19-8-2-1-3-9-19)18-26(16-20-10-6-14-28-20)17-21-11-7-15-29-21/h1-5,7-9,11-13,15,20H,6,10,14,16-18H2,(H,25,27)/t20-/m1/s1. The van der Waals surface area contributed by atoms with Crippen molar-refractivity contribution < 1.29 is 9.53 Å². The number of carbonyl (C=O) groups is 1. The Labute approximate surface area is 176 Å². The molecule has 0 radical (unpaired) electrons. The van der Waals surface area contributed by atoms with Gasteiger partial charge in [0.05, 0.1) is 12.6 Å². The predicted octanol–water partition coefficient (Wildman–Crippen LogP) is 5.03. The van der Waals surface area contributed by atoms with Crippen molar-refractivity contribution in [2.75, 3.05) is 25.0 Å². The molecule has 1 saturated heterocycles. The summed E-state index contributed by atoms with van der Waals surface area (Å²) in [4.78, 5) is 16.4. The minimum Gasteiger partial charge on any atom is -0.377 e. The van der Waals surface area contributed by atoms with Crippen LogP contribution in [-0.4, -0.2) is 36.6 Å². The lowest BCUT2D eigenvalue weighted by atomic mass is 10.0. The minimum absolute atomic E-state index is 0.00272. The van der Waals surface area contributed by atoms with Crippen molar-refractivity contribution in [1.29, 1.82) is 0 Å². The van der Waals surface area contributed by atoms with Gasteiger partial charge in [0.15, 0.2) is 0 Å². The Morgan fingerprint density at radius 1 is 1.07 bits per heavy atom. The molecule has 1 N–H and O–H groups in total. The average Bonchev–Trinajstić information content (AvgIpc) is 3.43. The molecule has 1 aliphatic rings. The molecule has 1 aliphatic heterocycles. The van der Waals surface area contributed by atoms with Crippen molar-refractivity contribution in [2.24, 2.45) is 0 Å². The van der Waals surface area contributed by atoms with Gasteiger partial charge < -0.3 is 10.1 Å². The molecule has 1 atom stereocenters. The molecule has 29 heavy (non-hydrogen) atoms. The Balaban J connectivity index is 1.45. The molecule has 2 heterocycles. The van der Waals surface area contributed by atoms with Gasteiger partial charge >= 0.3 is 0 Å². The van der Waals surface area contributed by atoms with E-state index in [9.17, 15) is 4.79 Å². The largest absolute Gasteiger partial charge is 0.377 e. The van der Waals surface area contributed by atoms with E-state index >= 15 is 0 Å². The first kappa shape index (κ1) is 19.8. The summed E-state index contributed by atoms with van der Waals surface area (Å²) < 4.78 is 5.81. The van der Waals surface area contributed by atoms with Crippen molar-refractivity contribution in [3.8, 4) is 11.1 Å². The number of thiophene rings is 1. The van der Waals surface area contributed by atoms with Gasteiger partial charge in [0.25, 0.3) is 0 Å². The van der Waals surface area contributed by atoms with E-state index in [1.165, 1.54) is 4.88 Å². The highest BCUT2D eigenvalue weighted by Gasteiger charge is 2.21. The van der Waals surface area contributed by atoms with Crippen LogP contribution >= 0.6 is 11.3 Å². The normalized spacial score (nSPS) is 16.2. The van der Waals surface area contributed by atoms with Crippen LogP contribution in [0.2, 0.25) is 0 Å². The summed E-state index contributed by atoms with van der Waals surface area (Å²) in [5, 5.41) is 5.21. The van der Waals surface area contributed by atoms with Gasteiger partial charge in [-0.2, -0.15) is 0 Å². The summed E-state index contributed by atoms with van der Waals surface area (Å²) in [5.74, 6) is 0.00272. The number of benzene rings is 2. The third-order valence-electron chi connectivity index (χ3n) is 5.10. The lowest BCUT2D eigenvalue weighted by Gasteiger charge is -2.24. The fourth-order valence-corrected chi connectivity index (χ4v) is 4.48. The number of nitrogens with zero attached hydrogens (tertiary/aromatic N) is 1. The van der Waals surface area contributed by atoms with Gasteiger partial charge in [0, 0.05) is 35.8 Å². The molecular formula is C24H26N2O2S. The molecule has 2 aromatic carbocycles. The van der Waals surface area contributed by atoms with E-state index in [1.807, 2.05) is 42.5 Å². The molecule has 0 unspecified atom stereocenters. The highest BCUT2D eigenvalue weighted by Crippen LogP contribution is 2.27. The molecule has 150 valence electrons. The number of amides is 1. The zero-order valence-electron chi connectivity index (χ0n) is 16.4. The lowest BCUT2D eigenvalue weighted by molar-refractivity contribution is -0.117. The molecule has 3 aromatic rings. The van der Waals surface area contributed by atoms with Crippen LogP contribution in [0.4, 0.5) is 5.69 Å². The maximum atomic E-state index is 12.9. The van der Waals surface area contributed by atoms with Gasteiger partial charge in [-0.15, -0.1) is 11.3 Å². The summed E-state index contributed by atoms with van der Waals surface area (Å²) in [6, 6.07) is 22.3. The van der Waals surface area contributed by atoms with E-state index in [4.69, 9.17) is 4.74 Å². The first-order valence-corrected chi connectivity index (χ1v) is 11.0. The fraction of sp³-hybridized carbons (Fsp3) is 0.292. The van der Waals surface area contributed by atoms with Crippen LogP contribution in [0.1, 0.15) is 17.7 Å². The van der Waals surface area contributed by atoms with E-state index in [1.54, 1.807) is 11.3 Å². The van der Waals surface area contributed by atoms with Crippen LogP contribution < -0.4 is 5.32 Å². The van der Waals surface area contributed by atoms with E-state index in [-0.39, 0.29) is 12.0 Å². The summed E-state index contributed by atoms with van der Waals surface area (Å²) in [5.41, 5.74) is 2.97. The van der Waals surface area contributed by atoms with E-state index in [0.29, 0.717) is 6.54 Å². The molecule has 0 saturated carbocycles. The topological polar surface area (TPSA) is 41.6 Å². The number of ether oxygens (including phenoxy) is 1. The van der Waals surface area contributed by atoms with Crippen molar-refractivity contribution in [2.45, 2.75) is 25.5 Å². The Hall–Kier alpha value is -2.47. The van der Waals surface area contributed by atoms with Gasteiger partial charge in [0.1, 0.15) is 0 Å². The Morgan fingerprint density at radius 2 is 1.90 bits per heavy atom. The average molecular weight is 407 g/mol. The molecule has 0 spiro atoms. The number of rotatable bonds is 8. The van der Waals surface area contributed by atoms with Gasteiger partial charge in [-0.1, -0.05) is 54.6 Å². The maximum Gasteiger partial charge on any atom is 0.238 e. The molecule has 4 rings (SSSR count). The molecule has 1 fully saturated rings. The zero-order chi connectivity index (χ0) is 19.9. The summed E-state index contributed by atoms with van der Waals surface area (Å²) in [6.45, 7) is 2.73. The second kappa shape index (κ2) is 9.83. The second-order valence-electron chi connectivity index (χ2n) is 7.34. The monoisotopic (exact) mass is 406 g/mol. The molecule has 0 bridgehead atoms. The SMILES string of the molecule is O=C(CN(Cc1cccs1)C[C@H]1CCCO1)Nc1ccccc1-c1ccccc1. The zero-order valence-corrected chi connectivity index (χ0v) is 17.2. The number of anilines is 1. The summed E-state index contributed by atoms with van der Waals surface area (Å²) in [7, 11) is 0. The van der Waals surface area contributed by atoms with Crippen LogP contribution in [0.3, 0.4) is 0 Å². The van der Waals surface area contributed by atoms with Crippen molar-refractivity contribution in [3.05, 3.63) is 77.0 Å². The molecule has 1 aromatic heterocycles. The molecule has 0 aliphatic carbocycles. The van der Waals surface area contributed by atoms with Crippen LogP contribution in [0.5, 0.6) is 0 Å². The summed E-state index contributed by atoms with van der Waals surface area (Å²) in [6.07, 6.45) is 2.40. The van der Waals surface area contributed by atoms with Crippen LogP contribution in [0, 0.1) is 0 Å². The van der Waals surface area contributed by atoms with Crippen molar-refractivity contribution >= 4 is 22.9 Å². The molecule has 5 heteroatoms. The number of para-hydroxylation sites is 1. The van der Waals surface area contributed by atoms with Crippen molar-refractivity contribution in [3.63, 3.8) is 0 Å². The summed E-state index contributed by atoms with van der Waals surface area (Å²) >= 11 is 1.73. The van der Waals surface area contributed by atoms with Gasteiger partial charge in [0.2, 0.25) is 5.91 Å². The quantitative estimate of drug-likeness (QED) is 0.570. The first-order valence-electron chi connectivity index (χ1n) is 10.1. The van der Waals surface area contributed by atoms with Gasteiger partial charge in [-0.05, 0) is 35.9 Å². The Bertz CT molecular complexity index is 906. The van der Waals surface area contributed by atoms with Gasteiger partial charge in [-0.25, -0.2) is 0 Å². The second-order valence-corrected chi connectivity index (χ2v) is 8.38. The third-order valence-corrected chi connectivity index (χ3v) is 5.96. The van der Waals surface area contributed by atoms with Crippen molar-refractivity contribution in [1.82, 2.24) is 4.90 Å². The highest BCUT2D eigenvalue weighted by atomic mass is 32.1. The van der Waals surface area contributed by atoms with E-state index in [2.05, 4.69) is 39.9 Å². The van der Waals surface area contributed by atoms with Crippen LogP contribution in [0.15, 0.2) is 72.1 Å². The number of hydrogen-bond donors (Lipinski definition) is 1. The lowest BCUT2D eigenvalue weighted by Crippen LogP contribution is -2.37. The smallest absolute Gasteiger partial charge is 0.238 e.